The summed E-state index contributed by atoms with van der Waals surface area (Å²) in [7, 11) is 0. The monoisotopic (exact) mass is 414 g/mol. The molecule has 0 spiro atoms. The standard InChI is InChI=1S/C24H22N4O3/c29-24-22-15-12-18-6-4-5-9-21(18)26(22)23(27(24)25-19-7-2-1-3-8-19)16-17-10-13-20(14-11-17)28(30)31/h1-11,13-14,22-23,25H,12,15-16H2/t22?,23-/m1/s1. The number of hydrogen-bond donors (Lipinski definition) is 1. The average molecular weight is 414 g/mol. The van der Waals surface area contributed by atoms with Crippen LogP contribution >= 0.6 is 0 Å². The molecule has 2 aliphatic heterocycles. The molecule has 1 N–H and O–H groups in total. The molecule has 31 heavy (non-hydrogen) atoms. The molecule has 2 atom stereocenters. The van der Waals surface area contributed by atoms with Gasteiger partial charge >= 0.3 is 0 Å². The van der Waals surface area contributed by atoms with Crippen LogP contribution in [0.1, 0.15) is 17.5 Å². The van der Waals surface area contributed by atoms with Gasteiger partial charge in [0.05, 0.1) is 10.6 Å². The van der Waals surface area contributed by atoms with Crippen LogP contribution in [0.25, 0.3) is 0 Å². The first-order valence-electron chi connectivity index (χ1n) is 10.4. The fraction of sp³-hybridized carbons (Fsp3) is 0.208. The second-order valence-corrected chi connectivity index (χ2v) is 7.88. The number of nitro groups is 1. The topological polar surface area (TPSA) is 78.7 Å². The normalized spacial score (nSPS) is 19.7. The maximum atomic E-state index is 13.4. The van der Waals surface area contributed by atoms with Gasteiger partial charge in [-0.05, 0) is 42.2 Å². The molecular formula is C24H22N4O3. The first-order chi connectivity index (χ1) is 15.1. The molecule has 3 aromatic carbocycles. The van der Waals surface area contributed by atoms with Gasteiger partial charge in [-0.25, -0.2) is 5.01 Å². The maximum absolute atomic E-state index is 13.4. The molecule has 0 aliphatic carbocycles. The number of rotatable bonds is 5. The van der Waals surface area contributed by atoms with Crippen LogP contribution in [-0.2, 0) is 17.6 Å². The highest BCUT2D eigenvalue weighted by molar-refractivity contribution is 5.91. The van der Waals surface area contributed by atoms with Crippen molar-refractivity contribution < 1.29 is 9.72 Å². The minimum atomic E-state index is -0.400. The van der Waals surface area contributed by atoms with E-state index in [1.165, 1.54) is 17.7 Å². The van der Waals surface area contributed by atoms with Crippen molar-refractivity contribution in [2.24, 2.45) is 0 Å². The van der Waals surface area contributed by atoms with Crippen LogP contribution in [0.4, 0.5) is 17.1 Å². The molecule has 0 bridgehead atoms. The third-order valence-corrected chi connectivity index (χ3v) is 6.02. The first-order valence-corrected chi connectivity index (χ1v) is 10.4. The Hall–Kier alpha value is -3.87. The van der Waals surface area contributed by atoms with E-state index in [0.29, 0.717) is 6.42 Å². The number of nitrogens with one attached hydrogen (secondary N) is 1. The first kappa shape index (κ1) is 19.1. The van der Waals surface area contributed by atoms with Crippen LogP contribution in [-0.4, -0.2) is 28.0 Å². The molecule has 0 radical (unpaired) electrons. The number of amides is 1. The fourth-order valence-corrected chi connectivity index (χ4v) is 4.55. The highest BCUT2D eigenvalue weighted by Gasteiger charge is 2.48. The molecule has 2 heterocycles. The van der Waals surface area contributed by atoms with Gasteiger partial charge in [-0.1, -0.05) is 48.5 Å². The summed E-state index contributed by atoms with van der Waals surface area (Å²) < 4.78 is 0. The zero-order valence-corrected chi connectivity index (χ0v) is 16.8. The number of para-hydroxylation sites is 2. The van der Waals surface area contributed by atoms with Crippen molar-refractivity contribution in [2.45, 2.75) is 31.5 Å². The molecule has 0 aromatic heterocycles. The SMILES string of the molecule is O=C1C2CCc3ccccc3N2[C@@H](Cc2ccc([N+](=O)[O-])cc2)N1Nc1ccccc1. The van der Waals surface area contributed by atoms with Crippen LogP contribution in [0.2, 0.25) is 0 Å². The van der Waals surface area contributed by atoms with Crippen molar-refractivity contribution in [2.75, 3.05) is 10.3 Å². The van der Waals surface area contributed by atoms with Crippen LogP contribution < -0.4 is 10.3 Å². The lowest BCUT2D eigenvalue weighted by atomic mass is 9.96. The van der Waals surface area contributed by atoms with Gasteiger partial charge in [0.15, 0.2) is 0 Å². The van der Waals surface area contributed by atoms with Crippen LogP contribution in [0.3, 0.4) is 0 Å². The molecule has 1 fully saturated rings. The largest absolute Gasteiger partial charge is 0.337 e. The molecular weight excluding hydrogens is 392 g/mol. The Morgan fingerprint density at radius 1 is 0.968 bits per heavy atom. The third-order valence-electron chi connectivity index (χ3n) is 6.02. The van der Waals surface area contributed by atoms with Crippen molar-refractivity contribution in [3.63, 3.8) is 0 Å². The molecule has 7 heteroatoms. The molecule has 7 nitrogen and oxygen atoms in total. The average Bonchev–Trinajstić information content (AvgIpc) is 3.06. The van der Waals surface area contributed by atoms with E-state index in [1.807, 2.05) is 42.5 Å². The molecule has 1 saturated heterocycles. The summed E-state index contributed by atoms with van der Waals surface area (Å²) in [6.45, 7) is 0. The Morgan fingerprint density at radius 2 is 1.68 bits per heavy atom. The van der Waals surface area contributed by atoms with Crippen LogP contribution in [0.15, 0.2) is 78.9 Å². The number of benzene rings is 3. The molecule has 156 valence electrons. The minimum absolute atomic E-state index is 0.0465. The van der Waals surface area contributed by atoms with E-state index >= 15 is 0 Å². The predicted molar refractivity (Wildman–Crippen MR) is 119 cm³/mol. The minimum Gasteiger partial charge on any atom is -0.337 e. The second kappa shape index (κ2) is 7.75. The summed E-state index contributed by atoms with van der Waals surface area (Å²) in [6, 6.07) is 24.2. The van der Waals surface area contributed by atoms with E-state index in [1.54, 1.807) is 17.1 Å². The predicted octanol–water partition coefficient (Wildman–Crippen LogP) is 4.15. The Morgan fingerprint density at radius 3 is 2.42 bits per heavy atom. The van der Waals surface area contributed by atoms with Crippen LogP contribution in [0, 0.1) is 10.1 Å². The van der Waals surface area contributed by atoms with Crippen molar-refractivity contribution in [3.05, 3.63) is 100 Å². The van der Waals surface area contributed by atoms with Crippen molar-refractivity contribution in [3.8, 4) is 0 Å². The van der Waals surface area contributed by atoms with Gasteiger partial charge in [0.2, 0.25) is 0 Å². The molecule has 2 aliphatic rings. The summed E-state index contributed by atoms with van der Waals surface area (Å²) in [4.78, 5) is 26.3. The smallest absolute Gasteiger partial charge is 0.269 e. The summed E-state index contributed by atoms with van der Waals surface area (Å²) in [5.74, 6) is 0.0465. The number of aryl methyl sites for hydroxylation is 1. The number of anilines is 2. The van der Waals surface area contributed by atoms with Gasteiger partial charge in [-0.2, -0.15) is 0 Å². The molecule has 1 unspecified atom stereocenters. The van der Waals surface area contributed by atoms with E-state index in [0.717, 1.165) is 29.8 Å². The Balaban J connectivity index is 1.52. The van der Waals surface area contributed by atoms with E-state index in [4.69, 9.17) is 0 Å². The molecule has 5 rings (SSSR count). The zero-order chi connectivity index (χ0) is 21.4. The lowest BCUT2D eigenvalue weighted by molar-refractivity contribution is -0.384. The lowest BCUT2D eigenvalue weighted by Gasteiger charge is -2.37. The number of carbonyl (C=O) groups is 1. The fourth-order valence-electron chi connectivity index (χ4n) is 4.55. The Kier molecular flexibility index (Phi) is 4.78. The van der Waals surface area contributed by atoms with E-state index in [-0.39, 0.29) is 23.8 Å². The highest BCUT2D eigenvalue weighted by atomic mass is 16.6. The van der Waals surface area contributed by atoms with Crippen molar-refractivity contribution in [1.82, 2.24) is 5.01 Å². The Bertz CT molecular complexity index is 1120. The highest BCUT2D eigenvalue weighted by Crippen LogP contribution is 2.39. The number of carbonyl (C=O) groups excluding carboxylic acids is 1. The van der Waals surface area contributed by atoms with E-state index in [2.05, 4.69) is 22.5 Å². The van der Waals surface area contributed by atoms with Gasteiger partial charge in [-0.3, -0.25) is 20.3 Å². The van der Waals surface area contributed by atoms with Crippen LogP contribution in [0.5, 0.6) is 0 Å². The van der Waals surface area contributed by atoms with Gasteiger partial charge in [-0.15, -0.1) is 0 Å². The summed E-state index contributed by atoms with van der Waals surface area (Å²) in [5, 5.41) is 12.7. The van der Waals surface area contributed by atoms with Gasteiger partial charge < -0.3 is 4.90 Å². The number of hydrazine groups is 1. The van der Waals surface area contributed by atoms with Crippen molar-refractivity contribution in [1.29, 1.82) is 0 Å². The van der Waals surface area contributed by atoms with E-state index < -0.39 is 4.92 Å². The number of nitrogens with zero attached hydrogens (tertiary/aromatic N) is 3. The third kappa shape index (κ3) is 3.48. The quantitative estimate of drug-likeness (QED) is 0.501. The number of nitro benzene ring substituents is 1. The zero-order valence-electron chi connectivity index (χ0n) is 16.8. The lowest BCUT2D eigenvalue weighted by Crippen LogP contribution is -2.46. The van der Waals surface area contributed by atoms with Gasteiger partial charge in [0.25, 0.3) is 11.6 Å². The van der Waals surface area contributed by atoms with Crippen molar-refractivity contribution >= 4 is 23.0 Å². The summed E-state index contributed by atoms with van der Waals surface area (Å²) in [6.07, 6.45) is 1.93. The van der Waals surface area contributed by atoms with Gasteiger partial charge in [0.1, 0.15) is 12.2 Å². The Labute approximate surface area is 180 Å². The number of non-ortho nitro benzene ring substituents is 1. The summed E-state index contributed by atoms with van der Waals surface area (Å²) >= 11 is 0. The number of hydrogen-bond acceptors (Lipinski definition) is 5. The molecule has 0 saturated carbocycles. The second-order valence-electron chi connectivity index (χ2n) is 7.88. The summed E-state index contributed by atoms with van der Waals surface area (Å²) in [5.41, 5.74) is 7.47. The molecule has 1 amide bonds. The van der Waals surface area contributed by atoms with E-state index in [9.17, 15) is 14.9 Å². The number of fused-ring (bicyclic) bond motifs is 3. The van der Waals surface area contributed by atoms with Gasteiger partial charge in [0, 0.05) is 24.2 Å². The maximum Gasteiger partial charge on any atom is 0.269 e. The molecule has 3 aromatic rings.